The quantitative estimate of drug-likeness (QED) is 0.833. The van der Waals surface area contributed by atoms with Crippen molar-refractivity contribution < 1.29 is 4.74 Å². The average molecular weight is 282 g/mol. The topological polar surface area (TPSA) is 38.5 Å². The van der Waals surface area contributed by atoms with Gasteiger partial charge in [0.15, 0.2) is 0 Å². The lowest BCUT2D eigenvalue weighted by Crippen LogP contribution is -2.34. The van der Waals surface area contributed by atoms with Crippen molar-refractivity contribution in [1.82, 2.24) is 0 Å². The molecule has 3 nitrogen and oxygen atoms in total. The highest BCUT2D eigenvalue weighted by Crippen LogP contribution is 2.34. The molecule has 2 atom stereocenters. The van der Waals surface area contributed by atoms with Crippen molar-refractivity contribution in [3.8, 4) is 5.75 Å². The van der Waals surface area contributed by atoms with Crippen LogP contribution in [0, 0.1) is 0 Å². The number of nitrogens with zero attached hydrogens (tertiary/aromatic N) is 1. The molecule has 4 heteroatoms. The van der Waals surface area contributed by atoms with Gasteiger partial charge in [-0.1, -0.05) is 13.0 Å². The van der Waals surface area contributed by atoms with E-state index in [2.05, 4.69) is 31.2 Å². The summed E-state index contributed by atoms with van der Waals surface area (Å²) in [6, 6.07) is 6.61. The summed E-state index contributed by atoms with van der Waals surface area (Å²) in [7, 11) is 3.84. The molecule has 0 aliphatic carbocycles. The molecule has 0 spiro atoms. The maximum absolute atomic E-state index is 6.13. The van der Waals surface area contributed by atoms with Crippen LogP contribution in [0.5, 0.6) is 5.75 Å². The molecule has 2 N–H and O–H groups in total. The molecule has 0 saturated carbocycles. The van der Waals surface area contributed by atoms with Crippen LogP contribution in [0.4, 0.5) is 5.69 Å². The molecule has 1 aromatic rings. The number of rotatable bonds is 7. The molecular formula is C15H26N2OS. The number of benzene rings is 1. The lowest BCUT2D eigenvalue weighted by atomic mass is 10.0. The molecular weight excluding hydrogens is 256 g/mol. The van der Waals surface area contributed by atoms with Crippen molar-refractivity contribution >= 4 is 17.4 Å². The van der Waals surface area contributed by atoms with Gasteiger partial charge in [0, 0.05) is 36.1 Å². The van der Waals surface area contributed by atoms with E-state index in [0.29, 0.717) is 6.04 Å². The molecule has 0 amide bonds. The Morgan fingerprint density at radius 3 is 2.58 bits per heavy atom. The molecule has 19 heavy (non-hydrogen) atoms. The minimum atomic E-state index is -0.0413. The summed E-state index contributed by atoms with van der Waals surface area (Å²) < 4.78 is 5.46. The molecule has 1 aromatic carbocycles. The first-order valence-electron chi connectivity index (χ1n) is 6.71. The van der Waals surface area contributed by atoms with E-state index in [-0.39, 0.29) is 6.04 Å². The Kier molecular flexibility index (Phi) is 6.52. The van der Waals surface area contributed by atoms with Gasteiger partial charge in [0.2, 0.25) is 0 Å². The van der Waals surface area contributed by atoms with E-state index in [0.717, 1.165) is 23.5 Å². The zero-order chi connectivity index (χ0) is 14.4. The van der Waals surface area contributed by atoms with Crippen molar-refractivity contribution in [2.45, 2.75) is 32.4 Å². The largest absolute Gasteiger partial charge is 0.496 e. The van der Waals surface area contributed by atoms with Gasteiger partial charge in [0.25, 0.3) is 0 Å². The van der Waals surface area contributed by atoms with Gasteiger partial charge >= 0.3 is 0 Å². The fourth-order valence-corrected chi connectivity index (χ4v) is 3.21. The number of hydrogen-bond donors (Lipinski definition) is 1. The van der Waals surface area contributed by atoms with Crippen LogP contribution in [0.3, 0.4) is 0 Å². The predicted molar refractivity (Wildman–Crippen MR) is 86.5 cm³/mol. The summed E-state index contributed by atoms with van der Waals surface area (Å²) in [5.41, 5.74) is 8.40. The Morgan fingerprint density at radius 2 is 2.11 bits per heavy atom. The third kappa shape index (κ3) is 3.80. The Bertz CT molecular complexity index is 396. The van der Waals surface area contributed by atoms with Gasteiger partial charge in [-0.25, -0.2) is 0 Å². The van der Waals surface area contributed by atoms with E-state index in [1.165, 1.54) is 5.69 Å². The third-order valence-electron chi connectivity index (χ3n) is 3.48. The number of hydrogen-bond acceptors (Lipinski definition) is 4. The predicted octanol–water partition coefficient (Wildman–Crippen LogP) is 3.29. The van der Waals surface area contributed by atoms with Gasteiger partial charge < -0.3 is 15.4 Å². The standard InChI is InChI=1S/C15H26N2OS/c1-6-12(10-19-5)17(3)13-8-7-9-14(18-4)15(13)11(2)16/h7-9,11-12H,6,10,16H2,1-5H3/t11-,12?/m0/s1. The highest BCUT2D eigenvalue weighted by Gasteiger charge is 2.20. The fourth-order valence-electron chi connectivity index (χ4n) is 2.37. The van der Waals surface area contributed by atoms with Gasteiger partial charge in [0.05, 0.1) is 7.11 Å². The average Bonchev–Trinajstić information content (AvgIpc) is 2.42. The zero-order valence-electron chi connectivity index (χ0n) is 12.6. The number of thioether (sulfide) groups is 1. The Balaban J connectivity index is 3.17. The molecule has 0 aliphatic heterocycles. The van der Waals surface area contributed by atoms with Gasteiger partial charge in [-0.15, -0.1) is 0 Å². The van der Waals surface area contributed by atoms with Crippen LogP contribution in [0.15, 0.2) is 18.2 Å². The lowest BCUT2D eigenvalue weighted by molar-refractivity contribution is 0.407. The second-order valence-electron chi connectivity index (χ2n) is 4.81. The van der Waals surface area contributed by atoms with E-state index in [1.807, 2.05) is 30.8 Å². The van der Waals surface area contributed by atoms with Crippen LogP contribution in [0.2, 0.25) is 0 Å². The Morgan fingerprint density at radius 1 is 1.42 bits per heavy atom. The monoisotopic (exact) mass is 282 g/mol. The Labute approximate surface area is 121 Å². The van der Waals surface area contributed by atoms with Crippen molar-refractivity contribution in [3.05, 3.63) is 23.8 Å². The van der Waals surface area contributed by atoms with E-state index in [9.17, 15) is 0 Å². The first-order chi connectivity index (χ1) is 9.06. The van der Waals surface area contributed by atoms with Crippen LogP contribution >= 0.6 is 11.8 Å². The second-order valence-corrected chi connectivity index (χ2v) is 5.72. The maximum Gasteiger partial charge on any atom is 0.125 e. The summed E-state index contributed by atoms with van der Waals surface area (Å²) in [5, 5.41) is 0. The zero-order valence-corrected chi connectivity index (χ0v) is 13.5. The first kappa shape index (κ1) is 16.2. The van der Waals surface area contributed by atoms with Gasteiger partial charge in [-0.3, -0.25) is 0 Å². The van der Waals surface area contributed by atoms with E-state index < -0.39 is 0 Å². The summed E-state index contributed by atoms with van der Waals surface area (Å²) in [4.78, 5) is 2.33. The fraction of sp³-hybridized carbons (Fsp3) is 0.600. The number of anilines is 1. The molecule has 108 valence electrons. The maximum atomic E-state index is 6.13. The molecule has 0 saturated heterocycles. The normalized spacial score (nSPS) is 14.0. The van der Waals surface area contributed by atoms with Crippen LogP contribution in [0.25, 0.3) is 0 Å². The number of methoxy groups -OCH3 is 1. The minimum Gasteiger partial charge on any atom is -0.496 e. The molecule has 0 heterocycles. The molecule has 0 radical (unpaired) electrons. The molecule has 1 unspecified atom stereocenters. The molecule has 0 fully saturated rings. The van der Waals surface area contributed by atoms with Crippen molar-refractivity contribution in [3.63, 3.8) is 0 Å². The summed E-state index contributed by atoms with van der Waals surface area (Å²) in [6.07, 6.45) is 3.27. The van der Waals surface area contributed by atoms with Crippen molar-refractivity contribution in [2.24, 2.45) is 5.73 Å². The highest BCUT2D eigenvalue weighted by atomic mass is 32.2. The van der Waals surface area contributed by atoms with E-state index >= 15 is 0 Å². The van der Waals surface area contributed by atoms with E-state index in [4.69, 9.17) is 10.5 Å². The van der Waals surface area contributed by atoms with Gasteiger partial charge in [-0.2, -0.15) is 11.8 Å². The van der Waals surface area contributed by atoms with Crippen LogP contribution in [-0.4, -0.2) is 32.2 Å². The van der Waals surface area contributed by atoms with Crippen LogP contribution < -0.4 is 15.4 Å². The summed E-state index contributed by atoms with van der Waals surface area (Å²) in [6.45, 7) is 4.23. The number of nitrogens with two attached hydrogens (primary N) is 1. The molecule has 0 bridgehead atoms. The number of ether oxygens (including phenoxy) is 1. The van der Waals surface area contributed by atoms with Gasteiger partial charge in [-0.05, 0) is 31.7 Å². The van der Waals surface area contributed by atoms with Crippen LogP contribution in [0.1, 0.15) is 31.9 Å². The Hall–Kier alpha value is -0.870. The lowest BCUT2D eigenvalue weighted by Gasteiger charge is -2.32. The van der Waals surface area contributed by atoms with Crippen molar-refractivity contribution in [2.75, 3.05) is 31.1 Å². The molecule has 0 aliphatic rings. The molecule has 0 aromatic heterocycles. The SMILES string of the molecule is CCC(CSC)N(C)c1cccc(OC)c1[C@H](C)N. The van der Waals surface area contributed by atoms with Crippen LogP contribution in [-0.2, 0) is 0 Å². The smallest absolute Gasteiger partial charge is 0.125 e. The van der Waals surface area contributed by atoms with E-state index in [1.54, 1.807) is 7.11 Å². The summed E-state index contributed by atoms with van der Waals surface area (Å²) in [5.74, 6) is 1.99. The van der Waals surface area contributed by atoms with Crippen molar-refractivity contribution in [1.29, 1.82) is 0 Å². The minimum absolute atomic E-state index is 0.0413. The van der Waals surface area contributed by atoms with Gasteiger partial charge in [0.1, 0.15) is 5.75 Å². The highest BCUT2D eigenvalue weighted by molar-refractivity contribution is 7.98. The molecule has 1 rings (SSSR count). The third-order valence-corrected chi connectivity index (χ3v) is 4.19. The summed E-state index contributed by atoms with van der Waals surface area (Å²) >= 11 is 1.88. The second kappa shape index (κ2) is 7.65. The first-order valence-corrected chi connectivity index (χ1v) is 8.10.